The molecule has 3 aromatic rings. The average molecular weight is 366 g/mol. The van der Waals surface area contributed by atoms with Crippen molar-refractivity contribution in [3.8, 4) is 0 Å². The Morgan fingerprint density at radius 3 is 2.62 bits per heavy atom. The fourth-order valence-corrected chi connectivity index (χ4v) is 2.90. The van der Waals surface area contributed by atoms with Gasteiger partial charge in [0, 0.05) is 23.1 Å². The molecule has 2 atom stereocenters. The SMILES string of the molecule is CC(Cl)c1nc2cc(Br)cnc2n1C(C)c1ccncc1. The van der Waals surface area contributed by atoms with Crippen LogP contribution in [0.3, 0.4) is 0 Å². The quantitative estimate of drug-likeness (QED) is 0.642. The molecular weight excluding hydrogens is 352 g/mol. The predicted octanol–water partition coefficient (Wildman–Crippen LogP) is 4.50. The van der Waals surface area contributed by atoms with Gasteiger partial charge in [-0.05, 0) is 53.5 Å². The standard InChI is InChI=1S/C15H14BrClN4/c1-9(17)14-20-13-7-12(16)8-19-15(13)21(14)10(2)11-3-5-18-6-4-11/h3-10H,1-2H3. The van der Waals surface area contributed by atoms with Gasteiger partial charge >= 0.3 is 0 Å². The minimum Gasteiger partial charge on any atom is -0.304 e. The van der Waals surface area contributed by atoms with Gasteiger partial charge in [0.15, 0.2) is 5.65 Å². The normalized spacial score (nSPS) is 14.3. The molecule has 0 aliphatic heterocycles. The second-order valence-electron chi connectivity index (χ2n) is 4.91. The molecule has 3 aromatic heterocycles. The Bertz CT molecular complexity index is 770. The van der Waals surface area contributed by atoms with Gasteiger partial charge in [-0.2, -0.15) is 0 Å². The van der Waals surface area contributed by atoms with Crippen molar-refractivity contribution in [3.05, 3.63) is 52.7 Å². The summed E-state index contributed by atoms with van der Waals surface area (Å²) in [5.41, 5.74) is 2.82. The number of hydrogen-bond acceptors (Lipinski definition) is 3. The molecule has 0 radical (unpaired) electrons. The van der Waals surface area contributed by atoms with Crippen LogP contribution in [0, 0.1) is 0 Å². The van der Waals surface area contributed by atoms with Crippen LogP contribution in [0.5, 0.6) is 0 Å². The summed E-state index contributed by atoms with van der Waals surface area (Å²) >= 11 is 9.75. The molecule has 0 bridgehead atoms. The number of nitrogens with zero attached hydrogens (tertiary/aromatic N) is 4. The highest BCUT2D eigenvalue weighted by molar-refractivity contribution is 9.10. The smallest absolute Gasteiger partial charge is 0.160 e. The molecule has 0 spiro atoms. The molecular formula is C15H14BrClN4. The van der Waals surface area contributed by atoms with Crippen molar-refractivity contribution in [2.75, 3.05) is 0 Å². The van der Waals surface area contributed by atoms with Crippen molar-refractivity contribution in [2.45, 2.75) is 25.3 Å². The van der Waals surface area contributed by atoms with E-state index in [2.05, 4.69) is 42.4 Å². The molecule has 21 heavy (non-hydrogen) atoms. The molecule has 3 rings (SSSR count). The Balaban J connectivity index is 2.22. The summed E-state index contributed by atoms with van der Waals surface area (Å²) in [4.78, 5) is 13.2. The van der Waals surface area contributed by atoms with Crippen LogP contribution in [0.2, 0.25) is 0 Å². The third kappa shape index (κ3) is 2.68. The molecule has 3 heterocycles. The van der Waals surface area contributed by atoms with Crippen LogP contribution in [-0.2, 0) is 0 Å². The molecule has 0 fully saturated rings. The number of alkyl halides is 1. The summed E-state index contributed by atoms with van der Waals surface area (Å²) in [5.74, 6) is 0.821. The maximum atomic E-state index is 6.32. The summed E-state index contributed by atoms with van der Waals surface area (Å²) in [5, 5.41) is -0.192. The van der Waals surface area contributed by atoms with Crippen molar-refractivity contribution in [2.24, 2.45) is 0 Å². The van der Waals surface area contributed by atoms with Gasteiger partial charge < -0.3 is 4.57 Å². The van der Waals surface area contributed by atoms with Crippen LogP contribution < -0.4 is 0 Å². The number of imidazole rings is 1. The molecule has 0 amide bonds. The van der Waals surface area contributed by atoms with Crippen molar-refractivity contribution >= 4 is 38.7 Å². The van der Waals surface area contributed by atoms with Gasteiger partial charge in [-0.1, -0.05) is 0 Å². The van der Waals surface area contributed by atoms with Gasteiger partial charge in [0.25, 0.3) is 0 Å². The van der Waals surface area contributed by atoms with E-state index in [1.54, 1.807) is 18.6 Å². The minimum absolute atomic E-state index is 0.0860. The third-order valence-electron chi connectivity index (χ3n) is 3.46. The largest absolute Gasteiger partial charge is 0.304 e. The van der Waals surface area contributed by atoms with Crippen LogP contribution in [0.4, 0.5) is 0 Å². The molecule has 4 nitrogen and oxygen atoms in total. The maximum absolute atomic E-state index is 6.32. The Morgan fingerprint density at radius 1 is 1.24 bits per heavy atom. The van der Waals surface area contributed by atoms with Crippen molar-refractivity contribution in [1.82, 2.24) is 19.5 Å². The zero-order valence-electron chi connectivity index (χ0n) is 11.7. The molecule has 0 saturated heterocycles. The molecule has 0 aliphatic rings. The molecule has 0 aliphatic carbocycles. The Morgan fingerprint density at radius 2 is 1.95 bits per heavy atom. The van der Waals surface area contributed by atoms with Crippen molar-refractivity contribution < 1.29 is 0 Å². The van der Waals surface area contributed by atoms with E-state index < -0.39 is 0 Å². The second kappa shape index (κ2) is 5.73. The number of fused-ring (bicyclic) bond motifs is 1. The van der Waals surface area contributed by atoms with Gasteiger partial charge in [-0.3, -0.25) is 4.98 Å². The third-order valence-corrected chi connectivity index (χ3v) is 4.08. The highest BCUT2D eigenvalue weighted by atomic mass is 79.9. The monoisotopic (exact) mass is 364 g/mol. The lowest BCUT2D eigenvalue weighted by Gasteiger charge is -2.18. The van der Waals surface area contributed by atoms with Crippen LogP contribution >= 0.6 is 27.5 Å². The number of halogens is 2. The zero-order chi connectivity index (χ0) is 15.0. The first-order valence-electron chi connectivity index (χ1n) is 6.65. The molecule has 0 N–H and O–H groups in total. The van der Waals surface area contributed by atoms with E-state index in [0.717, 1.165) is 27.0 Å². The van der Waals surface area contributed by atoms with E-state index >= 15 is 0 Å². The van der Waals surface area contributed by atoms with Gasteiger partial charge in [-0.15, -0.1) is 11.6 Å². The molecule has 0 saturated carbocycles. The lowest BCUT2D eigenvalue weighted by atomic mass is 10.1. The first-order valence-corrected chi connectivity index (χ1v) is 7.88. The summed E-state index contributed by atoms with van der Waals surface area (Å²) in [6.45, 7) is 4.04. The fraction of sp³-hybridized carbons (Fsp3) is 0.267. The van der Waals surface area contributed by atoms with Crippen molar-refractivity contribution in [3.63, 3.8) is 0 Å². The Kier molecular flexibility index (Phi) is 3.95. The van der Waals surface area contributed by atoms with Gasteiger partial charge in [0.1, 0.15) is 11.3 Å². The van der Waals surface area contributed by atoms with Crippen LogP contribution in [0.15, 0.2) is 41.3 Å². The predicted molar refractivity (Wildman–Crippen MR) is 87.5 cm³/mol. The van der Waals surface area contributed by atoms with Gasteiger partial charge in [-0.25, -0.2) is 9.97 Å². The molecule has 0 aromatic carbocycles. The number of aromatic nitrogens is 4. The Hall–Kier alpha value is -1.46. The van der Waals surface area contributed by atoms with E-state index in [-0.39, 0.29) is 11.4 Å². The van der Waals surface area contributed by atoms with E-state index in [9.17, 15) is 0 Å². The Labute approximate surface area is 136 Å². The average Bonchev–Trinajstić information content (AvgIpc) is 2.86. The molecule has 6 heteroatoms. The highest BCUT2D eigenvalue weighted by Gasteiger charge is 2.21. The summed E-state index contributed by atoms with van der Waals surface area (Å²) in [6, 6.07) is 6.04. The maximum Gasteiger partial charge on any atom is 0.160 e. The number of hydrogen-bond donors (Lipinski definition) is 0. The number of rotatable bonds is 3. The summed E-state index contributed by atoms with van der Waals surface area (Å²) in [7, 11) is 0. The molecule has 2 unspecified atom stereocenters. The summed E-state index contributed by atoms with van der Waals surface area (Å²) in [6.07, 6.45) is 5.36. The van der Waals surface area contributed by atoms with Crippen molar-refractivity contribution in [1.29, 1.82) is 0 Å². The first kappa shape index (κ1) is 14.5. The van der Waals surface area contributed by atoms with Crippen LogP contribution in [0.25, 0.3) is 11.2 Å². The zero-order valence-corrected chi connectivity index (χ0v) is 14.0. The van der Waals surface area contributed by atoms with Crippen LogP contribution in [-0.4, -0.2) is 19.5 Å². The number of pyridine rings is 2. The van der Waals surface area contributed by atoms with E-state index in [0.29, 0.717) is 0 Å². The van der Waals surface area contributed by atoms with Crippen LogP contribution in [0.1, 0.15) is 36.7 Å². The lowest BCUT2D eigenvalue weighted by molar-refractivity contribution is 0.613. The molecule has 108 valence electrons. The minimum atomic E-state index is -0.192. The summed E-state index contributed by atoms with van der Waals surface area (Å²) < 4.78 is 3.00. The second-order valence-corrected chi connectivity index (χ2v) is 6.48. The van der Waals surface area contributed by atoms with E-state index in [1.807, 2.05) is 25.1 Å². The van der Waals surface area contributed by atoms with E-state index in [4.69, 9.17) is 11.6 Å². The highest BCUT2D eigenvalue weighted by Crippen LogP contribution is 2.30. The van der Waals surface area contributed by atoms with Gasteiger partial charge in [0.05, 0.1) is 11.4 Å². The topological polar surface area (TPSA) is 43.6 Å². The van der Waals surface area contributed by atoms with E-state index in [1.165, 1.54) is 0 Å². The van der Waals surface area contributed by atoms with Gasteiger partial charge in [0.2, 0.25) is 0 Å². The fourth-order valence-electron chi connectivity index (χ4n) is 2.43. The lowest BCUT2D eigenvalue weighted by Crippen LogP contribution is -2.11. The first-order chi connectivity index (χ1) is 10.1.